The highest BCUT2D eigenvalue weighted by Gasteiger charge is 2.06. The number of rotatable bonds is 1. The molecule has 0 atom stereocenters. The minimum atomic E-state index is 0.948. The maximum absolute atomic E-state index is 5.50. The first-order valence-electron chi connectivity index (χ1n) is 5.14. The van der Waals surface area contributed by atoms with Crippen LogP contribution in [0.1, 0.15) is 12.6 Å². The molecule has 0 fully saturated rings. The van der Waals surface area contributed by atoms with E-state index in [1.54, 1.807) is 6.26 Å². The van der Waals surface area contributed by atoms with E-state index in [1.807, 2.05) is 18.3 Å². The van der Waals surface area contributed by atoms with Gasteiger partial charge in [0, 0.05) is 28.0 Å². The molecule has 0 spiro atoms. The Morgan fingerprint density at radius 3 is 2.93 bits per heavy atom. The van der Waals surface area contributed by atoms with Gasteiger partial charge in [0.1, 0.15) is 5.58 Å². The summed E-state index contributed by atoms with van der Waals surface area (Å²) in [7, 11) is 0. The Morgan fingerprint density at radius 2 is 2.07 bits per heavy atom. The SMILES string of the molecule is CCc1nccc2c1ccc1ccoc12. The van der Waals surface area contributed by atoms with Gasteiger partial charge < -0.3 is 4.42 Å². The molecule has 74 valence electrons. The van der Waals surface area contributed by atoms with E-state index in [4.69, 9.17) is 4.42 Å². The number of hydrogen-bond donors (Lipinski definition) is 0. The molecular formula is C13H11NO. The van der Waals surface area contributed by atoms with Gasteiger partial charge in [-0.3, -0.25) is 4.98 Å². The van der Waals surface area contributed by atoms with Gasteiger partial charge >= 0.3 is 0 Å². The smallest absolute Gasteiger partial charge is 0.141 e. The number of benzene rings is 1. The van der Waals surface area contributed by atoms with E-state index in [9.17, 15) is 0 Å². The van der Waals surface area contributed by atoms with Crippen LogP contribution in [-0.4, -0.2) is 4.98 Å². The van der Waals surface area contributed by atoms with Crippen LogP contribution in [0.4, 0.5) is 0 Å². The monoisotopic (exact) mass is 197 g/mol. The van der Waals surface area contributed by atoms with Gasteiger partial charge in [0.25, 0.3) is 0 Å². The molecule has 0 N–H and O–H groups in total. The van der Waals surface area contributed by atoms with E-state index in [0.29, 0.717) is 0 Å². The van der Waals surface area contributed by atoms with E-state index >= 15 is 0 Å². The molecule has 15 heavy (non-hydrogen) atoms. The van der Waals surface area contributed by atoms with E-state index in [1.165, 1.54) is 5.39 Å². The first-order chi connectivity index (χ1) is 7.40. The molecule has 0 radical (unpaired) electrons. The van der Waals surface area contributed by atoms with Crippen LogP contribution in [0.3, 0.4) is 0 Å². The zero-order chi connectivity index (χ0) is 10.3. The van der Waals surface area contributed by atoms with Gasteiger partial charge in [0.15, 0.2) is 0 Å². The average molecular weight is 197 g/mol. The van der Waals surface area contributed by atoms with Gasteiger partial charge in [-0.05, 0) is 18.6 Å². The number of aryl methyl sites for hydroxylation is 1. The van der Waals surface area contributed by atoms with Crippen molar-refractivity contribution in [3.8, 4) is 0 Å². The van der Waals surface area contributed by atoms with Crippen molar-refractivity contribution in [3.05, 3.63) is 42.4 Å². The number of fused-ring (bicyclic) bond motifs is 3. The van der Waals surface area contributed by atoms with Crippen molar-refractivity contribution in [1.29, 1.82) is 0 Å². The minimum absolute atomic E-state index is 0.948. The third kappa shape index (κ3) is 1.14. The summed E-state index contributed by atoms with van der Waals surface area (Å²) in [5.41, 5.74) is 2.09. The van der Waals surface area contributed by atoms with Crippen LogP contribution >= 0.6 is 0 Å². The summed E-state index contributed by atoms with van der Waals surface area (Å²) in [5, 5.41) is 3.50. The molecule has 2 aromatic heterocycles. The molecule has 0 saturated heterocycles. The van der Waals surface area contributed by atoms with Crippen LogP contribution in [0.5, 0.6) is 0 Å². The number of hydrogen-bond acceptors (Lipinski definition) is 2. The minimum Gasteiger partial charge on any atom is -0.464 e. The Kier molecular flexibility index (Phi) is 1.75. The highest BCUT2D eigenvalue weighted by atomic mass is 16.3. The second-order valence-corrected chi connectivity index (χ2v) is 3.61. The molecule has 0 aliphatic rings. The predicted molar refractivity (Wildman–Crippen MR) is 60.9 cm³/mol. The fourth-order valence-electron chi connectivity index (χ4n) is 2.02. The molecule has 0 saturated carbocycles. The van der Waals surface area contributed by atoms with E-state index < -0.39 is 0 Å². The van der Waals surface area contributed by atoms with Crippen molar-refractivity contribution in [2.24, 2.45) is 0 Å². The second-order valence-electron chi connectivity index (χ2n) is 3.61. The Morgan fingerprint density at radius 1 is 1.13 bits per heavy atom. The predicted octanol–water partition coefficient (Wildman–Crippen LogP) is 3.54. The fourth-order valence-corrected chi connectivity index (χ4v) is 2.02. The molecular weight excluding hydrogens is 186 g/mol. The molecule has 0 aliphatic carbocycles. The Labute approximate surface area is 87.5 Å². The lowest BCUT2D eigenvalue weighted by atomic mass is 10.1. The zero-order valence-electron chi connectivity index (χ0n) is 8.53. The summed E-state index contributed by atoms with van der Waals surface area (Å²) in [6, 6.07) is 8.21. The van der Waals surface area contributed by atoms with Crippen molar-refractivity contribution >= 4 is 21.7 Å². The summed E-state index contributed by atoms with van der Waals surface area (Å²) in [4.78, 5) is 4.37. The van der Waals surface area contributed by atoms with Gasteiger partial charge in [0.2, 0.25) is 0 Å². The third-order valence-electron chi connectivity index (χ3n) is 2.78. The van der Waals surface area contributed by atoms with Crippen molar-refractivity contribution in [1.82, 2.24) is 4.98 Å². The maximum Gasteiger partial charge on any atom is 0.141 e. The molecule has 0 amide bonds. The normalized spacial score (nSPS) is 11.3. The zero-order valence-corrected chi connectivity index (χ0v) is 8.53. The van der Waals surface area contributed by atoms with Gasteiger partial charge in [-0.25, -0.2) is 0 Å². The average Bonchev–Trinajstić information content (AvgIpc) is 2.76. The summed E-state index contributed by atoms with van der Waals surface area (Å²) in [6.07, 6.45) is 4.53. The maximum atomic E-state index is 5.50. The molecule has 2 heteroatoms. The molecule has 3 aromatic rings. The van der Waals surface area contributed by atoms with Crippen LogP contribution in [-0.2, 0) is 6.42 Å². The lowest BCUT2D eigenvalue weighted by Gasteiger charge is -2.02. The van der Waals surface area contributed by atoms with Crippen LogP contribution in [0, 0.1) is 0 Å². The number of pyridine rings is 1. The summed E-state index contributed by atoms with van der Waals surface area (Å²) in [6.45, 7) is 2.12. The highest BCUT2D eigenvalue weighted by Crippen LogP contribution is 2.27. The summed E-state index contributed by atoms with van der Waals surface area (Å²) < 4.78 is 5.50. The Hall–Kier alpha value is -1.83. The quantitative estimate of drug-likeness (QED) is 0.596. The lowest BCUT2D eigenvalue weighted by Crippen LogP contribution is -1.88. The van der Waals surface area contributed by atoms with E-state index in [-0.39, 0.29) is 0 Å². The van der Waals surface area contributed by atoms with Gasteiger partial charge in [-0.1, -0.05) is 19.1 Å². The summed E-state index contributed by atoms with van der Waals surface area (Å²) in [5.74, 6) is 0. The molecule has 1 aromatic carbocycles. The summed E-state index contributed by atoms with van der Waals surface area (Å²) >= 11 is 0. The van der Waals surface area contributed by atoms with Crippen LogP contribution in [0.25, 0.3) is 21.7 Å². The van der Waals surface area contributed by atoms with Crippen LogP contribution in [0.15, 0.2) is 41.1 Å². The van der Waals surface area contributed by atoms with E-state index in [0.717, 1.165) is 28.5 Å². The number of furan rings is 1. The molecule has 2 nitrogen and oxygen atoms in total. The van der Waals surface area contributed by atoms with Crippen molar-refractivity contribution in [3.63, 3.8) is 0 Å². The van der Waals surface area contributed by atoms with Crippen LogP contribution < -0.4 is 0 Å². The molecule has 0 bridgehead atoms. The first-order valence-corrected chi connectivity index (χ1v) is 5.14. The lowest BCUT2D eigenvalue weighted by molar-refractivity contribution is 0.619. The van der Waals surface area contributed by atoms with Gasteiger partial charge in [0.05, 0.1) is 6.26 Å². The number of nitrogens with zero attached hydrogens (tertiary/aromatic N) is 1. The van der Waals surface area contributed by atoms with Crippen molar-refractivity contribution in [2.45, 2.75) is 13.3 Å². The van der Waals surface area contributed by atoms with Crippen LogP contribution in [0.2, 0.25) is 0 Å². The Balaban J connectivity index is 2.53. The van der Waals surface area contributed by atoms with Gasteiger partial charge in [-0.15, -0.1) is 0 Å². The van der Waals surface area contributed by atoms with E-state index in [2.05, 4.69) is 24.0 Å². The Bertz CT molecular complexity index is 625. The first kappa shape index (κ1) is 8.48. The topological polar surface area (TPSA) is 26.0 Å². The molecule has 3 rings (SSSR count). The fraction of sp³-hybridized carbons (Fsp3) is 0.154. The highest BCUT2D eigenvalue weighted by molar-refractivity contribution is 6.04. The standard InChI is InChI=1S/C13H11NO/c1-2-12-10-4-3-9-6-8-15-13(9)11(10)5-7-14-12/h3-8H,2H2,1H3. The molecule has 0 aliphatic heterocycles. The van der Waals surface area contributed by atoms with Gasteiger partial charge in [-0.2, -0.15) is 0 Å². The third-order valence-corrected chi connectivity index (χ3v) is 2.78. The van der Waals surface area contributed by atoms with Crippen molar-refractivity contribution < 1.29 is 4.42 Å². The largest absolute Gasteiger partial charge is 0.464 e. The van der Waals surface area contributed by atoms with Crippen molar-refractivity contribution in [2.75, 3.05) is 0 Å². The second kappa shape index (κ2) is 3.09. The number of aromatic nitrogens is 1. The molecule has 2 heterocycles. The molecule has 0 unspecified atom stereocenters.